The number of anilines is 1. The lowest BCUT2D eigenvalue weighted by atomic mass is 9.90. The molecule has 2 aromatic heterocycles. The Balaban J connectivity index is 1.53. The third kappa shape index (κ3) is 4.12. The molecule has 34 heavy (non-hydrogen) atoms. The molecular formula is C24H19F4N5O. The number of pyridine rings is 1. The van der Waals surface area contributed by atoms with E-state index < -0.39 is 17.6 Å². The Labute approximate surface area is 191 Å². The van der Waals surface area contributed by atoms with E-state index in [2.05, 4.69) is 20.3 Å². The second-order valence-corrected chi connectivity index (χ2v) is 8.03. The van der Waals surface area contributed by atoms with Gasteiger partial charge in [-0.3, -0.25) is 0 Å². The Bertz CT molecular complexity index is 1370. The number of nitrogens with two attached hydrogens (primary N) is 1. The van der Waals surface area contributed by atoms with Gasteiger partial charge in [0.15, 0.2) is 0 Å². The van der Waals surface area contributed by atoms with Crippen molar-refractivity contribution >= 4 is 16.6 Å². The molecule has 0 saturated carbocycles. The number of nitrogens with zero attached hydrogens (tertiary/aromatic N) is 3. The largest absolute Gasteiger partial charge is 0.439 e. The molecule has 1 aliphatic rings. The number of halogens is 4. The highest BCUT2D eigenvalue weighted by Crippen LogP contribution is 2.40. The topological polar surface area (TPSA) is 86.0 Å². The first-order valence-corrected chi connectivity index (χ1v) is 10.5. The average Bonchev–Trinajstić information content (AvgIpc) is 3.35. The van der Waals surface area contributed by atoms with Gasteiger partial charge in [0.05, 0.1) is 16.8 Å². The molecule has 3 heterocycles. The molecule has 3 N–H and O–H groups in total. The molecule has 0 radical (unpaired) electrons. The van der Waals surface area contributed by atoms with Gasteiger partial charge < -0.3 is 15.8 Å². The first-order valence-electron chi connectivity index (χ1n) is 10.5. The van der Waals surface area contributed by atoms with Crippen LogP contribution >= 0.6 is 0 Å². The minimum absolute atomic E-state index is 0.0102. The second kappa shape index (κ2) is 8.53. The van der Waals surface area contributed by atoms with E-state index in [0.717, 1.165) is 55.0 Å². The number of hydrogen-bond acceptors (Lipinski definition) is 6. The van der Waals surface area contributed by atoms with Crippen LogP contribution in [0.1, 0.15) is 23.5 Å². The molecule has 0 aliphatic carbocycles. The first kappa shape index (κ1) is 22.0. The summed E-state index contributed by atoms with van der Waals surface area (Å²) in [5.41, 5.74) is 8.26. The van der Waals surface area contributed by atoms with Crippen molar-refractivity contribution in [3.05, 3.63) is 72.1 Å². The zero-order valence-electron chi connectivity index (χ0n) is 17.7. The quantitative estimate of drug-likeness (QED) is 0.312. The van der Waals surface area contributed by atoms with Crippen LogP contribution < -0.4 is 15.8 Å². The summed E-state index contributed by atoms with van der Waals surface area (Å²) in [5, 5.41) is 3.96. The van der Waals surface area contributed by atoms with Gasteiger partial charge in [0, 0.05) is 47.6 Å². The lowest BCUT2D eigenvalue weighted by molar-refractivity contribution is -0.137. The third-order valence-corrected chi connectivity index (χ3v) is 5.88. The Morgan fingerprint density at radius 3 is 2.65 bits per heavy atom. The molecule has 6 nitrogen and oxygen atoms in total. The van der Waals surface area contributed by atoms with Crippen molar-refractivity contribution in [3.8, 4) is 22.8 Å². The molecule has 1 unspecified atom stereocenters. The number of nitrogen functional groups attached to an aromatic ring is 1. The van der Waals surface area contributed by atoms with E-state index in [4.69, 9.17) is 10.5 Å². The van der Waals surface area contributed by atoms with Gasteiger partial charge in [-0.2, -0.15) is 13.2 Å². The van der Waals surface area contributed by atoms with Crippen molar-refractivity contribution in [1.82, 2.24) is 20.3 Å². The van der Waals surface area contributed by atoms with Crippen LogP contribution in [0.25, 0.3) is 22.0 Å². The Morgan fingerprint density at radius 2 is 1.91 bits per heavy atom. The standard InChI is InChI=1S/C24H19F4N5O/c25-20-8-15(34-21-7-14(4-6-32-21)24(26,27)28)1-2-16(20)18-9-17(13-3-5-30-10-13)23-19(22(18)29)11-31-12-33-23/h1-2,4,6-9,11-13,30H,3,5,10,29H2. The summed E-state index contributed by atoms with van der Waals surface area (Å²) in [6.45, 7) is 1.66. The van der Waals surface area contributed by atoms with Gasteiger partial charge in [-0.05, 0) is 48.7 Å². The molecule has 10 heteroatoms. The van der Waals surface area contributed by atoms with Gasteiger partial charge in [0.1, 0.15) is 17.9 Å². The van der Waals surface area contributed by atoms with Crippen molar-refractivity contribution in [2.24, 2.45) is 0 Å². The minimum atomic E-state index is -4.54. The lowest BCUT2D eigenvalue weighted by Crippen LogP contribution is -2.09. The predicted molar refractivity (Wildman–Crippen MR) is 119 cm³/mol. The molecular weight excluding hydrogens is 450 g/mol. The van der Waals surface area contributed by atoms with E-state index >= 15 is 4.39 Å². The van der Waals surface area contributed by atoms with E-state index in [1.165, 1.54) is 18.5 Å². The van der Waals surface area contributed by atoms with Gasteiger partial charge in [-0.25, -0.2) is 19.3 Å². The van der Waals surface area contributed by atoms with Crippen molar-refractivity contribution in [3.63, 3.8) is 0 Å². The smallest absolute Gasteiger partial charge is 0.416 e. The maximum absolute atomic E-state index is 15.2. The van der Waals surface area contributed by atoms with Gasteiger partial charge in [-0.1, -0.05) is 0 Å². The van der Waals surface area contributed by atoms with E-state index in [1.54, 1.807) is 6.20 Å². The maximum Gasteiger partial charge on any atom is 0.416 e. The number of alkyl halides is 3. The Hall–Kier alpha value is -3.79. The fourth-order valence-electron chi connectivity index (χ4n) is 4.20. The summed E-state index contributed by atoms with van der Waals surface area (Å²) in [4.78, 5) is 12.3. The van der Waals surface area contributed by atoms with Crippen molar-refractivity contribution < 1.29 is 22.3 Å². The minimum Gasteiger partial charge on any atom is -0.439 e. The summed E-state index contributed by atoms with van der Waals surface area (Å²) in [6.07, 6.45) is 0.436. The van der Waals surface area contributed by atoms with Gasteiger partial charge in [0.2, 0.25) is 5.88 Å². The Kier molecular flexibility index (Phi) is 5.52. The van der Waals surface area contributed by atoms with Crippen molar-refractivity contribution in [2.45, 2.75) is 18.5 Å². The zero-order chi connectivity index (χ0) is 23.9. The second-order valence-electron chi connectivity index (χ2n) is 8.03. The lowest BCUT2D eigenvalue weighted by Gasteiger charge is -2.17. The van der Waals surface area contributed by atoms with E-state index in [0.29, 0.717) is 16.6 Å². The van der Waals surface area contributed by atoms with Crippen LogP contribution in [0.2, 0.25) is 0 Å². The van der Waals surface area contributed by atoms with Crippen molar-refractivity contribution in [1.29, 1.82) is 0 Å². The van der Waals surface area contributed by atoms with E-state index in [1.807, 2.05) is 6.07 Å². The Morgan fingerprint density at radius 1 is 1.06 bits per heavy atom. The van der Waals surface area contributed by atoms with Crippen LogP contribution in [-0.2, 0) is 6.18 Å². The molecule has 1 saturated heterocycles. The van der Waals surface area contributed by atoms with Crippen LogP contribution in [0.4, 0.5) is 23.2 Å². The molecule has 0 amide bonds. The molecule has 1 aliphatic heterocycles. The van der Waals surface area contributed by atoms with E-state index in [-0.39, 0.29) is 23.1 Å². The molecule has 1 atom stereocenters. The number of hydrogen-bond donors (Lipinski definition) is 2. The number of aromatic nitrogens is 3. The van der Waals surface area contributed by atoms with Gasteiger partial charge in [0.25, 0.3) is 0 Å². The molecule has 1 fully saturated rings. The highest BCUT2D eigenvalue weighted by atomic mass is 19.4. The summed E-state index contributed by atoms with van der Waals surface area (Å²) in [7, 11) is 0. The third-order valence-electron chi connectivity index (χ3n) is 5.88. The number of ether oxygens (including phenoxy) is 1. The van der Waals surface area contributed by atoms with Crippen molar-refractivity contribution in [2.75, 3.05) is 18.8 Å². The van der Waals surface area contributed by atoms with E-state index in [9.17, 15) is 13.2 Å². The van der Waals surface area contributed by atoms with Crippen LogP contribution in [0.3, 0.4) is 0 Å². The number of fused-ring (bicyclic) bond motifs is 1. The molecule has 0 spiro atoms. The summed E-state index contributed by atoms with van der Waals surface area (Å²) in [6, 6.07) is 7.49. The molecule has 174 valence electrons. The molecule has 5 rings (SSSR count). The van der Waals surface area contributed by atoms with Crippen LogP contribution in [0.15, 0.2) is 55.1 Å². The summed E-state index contributed by atoms with van der Waals surface area (Å²) < 4.78 is 59.4. The highest BCUT2D eigenvalue weighted by Gasteiger charge is 2.31. The molecule has 2 aromatic carbocycles. The van der Waals surface area contributed by atoms with Crippen LogP contribution in [-0.4, -0.2) is 28.0 Å². The summed E-state index contributed by atoms with van der Waals surface area (Å²) >= 11 is 0. The zero-order valence-corrected chi connectivity index (χ0v) is 17.7. The summed E-state index contributed by atoms with van der Waals surface area (Å²) in [5.74, 6) is -0.714. The van der Waals surface area contributed by atoms with Gasteiger partial charge >= 0.3 is 6.18 Å². The fraction of sp³-hybridized carbons (Fsp3) is 0.208. The number of nitrogens with one attached hydrogen (secondary N) is 1. The monoisotopic (exact) mass is 469 g/mol. The maximum atomic E-state index is 15.2. The highest BCUT2D eigenvalue weighted by molar-refractivity contribution is 6.00. The van der Waals surface area contributed by atoms with Gasteiger partial charge in [-0.15, -0.1) is 0 Å². The molecule has 4 aromatic rings. The number of benzene rings is 2. The average molecular weight is 469 g/mol. The number of rotatable bonds is 4. The normalized spacial score (nSPS) is 16.2. The first-order chi connectivity index (χ1) is 16.3. The molecule has 0 bridgehead atoms. The van der Waals surface area contributed by atoms with Crippen LogP contribution in [0, 0.1) is 5.82 Å². The SMILES string of the molecule is Nc1c(-c2ccc(Oc3cc(C(F)(F)F)ccn3)cc2F)cc(C2CCNC2)c2ncncc12. The fourth-order valence-corrected chi connectivity index (χ4v) is 4.20. The predicted octanol–water partition coefficient (Wildman–Crippen LogP) is 5.30. The van der Waals surface area contributed by atoms with Crippen LogP contribution in [0.5, 0.6) is 11.6 Å².